The molecule has 0 N–H and O–H groups in total. The molecule has 0 saturated carbocycles. The standard InChI is InChI=1S/C7H15NS/c1-3-4-5-6-7(9)8-2/h3-6H2,1-2H3,(H,8,9). The lowest BCUT2D eigenvalue weighted by atomic mass is 10.2. The van der Waals surface area contributed by atoms with Crippen LogP contribution in [0.5, 0.6) is 0 Å². The van der Waals surface area contributed by atoms with Gasteiger partial charge in [-0.25, -0.2) is 0 Å². The smallest absolute Gasteiger partial charge is 0.0642 e. The maximum absolute atomic E-state index is 4.15. The van der Waals surface area contributed by atoms with Crippen molar-refractivity contribution in [3.8, 4) is 0 Å². The fourth-order valence-electron chi connectivity index (χ4n) is 0.645. The van der Waals surface area contributed by atoms with E-state index in [-0.39, 0.29) is 0 Å². The second kappa shape index (κ2) is 6.14. The molecule has 0 aliphatic carbocycles. The molecule has 0 atom stereocenters. The van der Waals surface area contributed by atoms with Gasteiger partial charge in [0.1, 0.15) is 0 Å². The molecule has 0 rings (SSSR count). The molecule has 1 nitrogen and oxygen atoms in total. The highest BCUT2D eigenvalue weighted by molar-refractivity contribution is 7.97. The van der Waals surface area contributed by atoms with Crippen LogP contribution in [-0.4, -0.2) is 12.1 Å². The van der Waals surface area contributed by atoms with Crippen LogP contribution in [0.2, 0.25) is 0 Å². The molecule has 0 bridgehead atoms. The molecule has 0 amide bonds. The number of rotatable bonds is 4. The third-order valence-corrected chi connectivity index (χ3v) is 1.69. The second-order valence-electron chi connectivity index (χ2n) is 2.10. The monoisotopic (exact) mass is 145 g/mol. The molecule has 0 unspecified atom stereocenters. The predicted octanol–water partition coefficient (Wildman–Crippen LogP) is 2.52. The van der Waals surface area contributed by atoms with Crippen LogP contribution >= 0.6 is 12.6 Å². The van der Waals surface area contributed by atoms with Gasteiger partial charge < -0.3 is 0 Å². The summed E-state index contributed by atoms with van der Waals surface area (Å²) in [7, 11) is 1.79. The summed E-state index contributed by atoms with van der Waals surface area (Å²) in [6, 6.07) is 0. The summed E-state index contributed by atoms with van der Waals surface area (Å²) in [5.74, 6) is 0. The average molecular weight is 145 g/mol. The van der Waals surface area contributed by atoms with Gasteiger partial charge in [-0.15, -0.1) is 12.6 Å². The number of nitrogens with zero attached hydrogens (tertiary/aromatic N) is 1. The van der Waals surface area contributed by atoms with E-state index in [1.165, 1.54) is 19.3 Å². The number of unbranched alkanes of at least 4 members (excludes halogenated alkanes) is 2. The first-order valence-electron chi connectivity index (χ1n) is 3.46. The lowest BCUT2D eigenvalue weighted by Crippen LogP contribution is -1.86. The minimum Gasteiger partial charge on any atom is -0.287 e. The van der Waals surface area contributed by atoms with E-state index in [0.29, 0.717) is 0 Å². The van der Waals surface area contributed by atoms with Gasteiger partial charge in [0.05, 0.1) is 5.04 Å². The number of hydrogen-bond acceptors (Lipinski definition) is 1. The molecule has 0 saturated heterocycles. The van der Waals surface area contributed by atoms with Gasteiger partial charge >= 0.3 is 0 Å². The van der Waals surface area contributed by atoms with Crippen LogP contribution in [0.25, 0.3) is 0 Å². The summed E-state index contributed by atoms with van der Waals surface area (Å²) < 4.78 is 0. The zero-order valence-corrected chi connectivity index (χ0v) is 7.12. The molecule has 0 aromatic rings. The molecule has 0 aromatic heterocycles. The van der Waals surface area contributed by atoms with Crippen LogP contribution < -0.4 is 0 Å². The van der Waals surface area contributed by atoms with E-state index >= 15 is 0 Å². The summed E-state index contributed by atoms with van der Waals surface area (Å²) in [5.41, 5.74) is 0. The van der Waals surface area contributed by atoms with Gasteiger partial charge in [0.25, 0.3) is 0 Å². The molecule has 54 valence electrons. The zero-order chi connectivity index (χ0) is 7.11. The topological polar surface area (TPSA) is 12.4 Å². The normalized spacial score (nSPS) is 12.1. The molecule has 0 spiro atoms. The van der Waals surface area contributed by atoms with Crippen molar-refractivity contribution in [1.29, 1.82) is 0 Å². The molecule has 0 heterocycles. The van der Waals surface area contributed by atoms with Gasteiger partial charge in [-0.2, -0.15) is 0 Å². The van der Waals surface area contributed by atoms with E-state index in [0.717, 1.165) is 11.5 Å². The molecule has 9 heavy (non-hydrogen) atoms. The first-order valence-corrected chi connectivity index (χ1v) is 3.90. The fourth-order valence-corrected chi connectivity index (χ4v) is 0.803. The molecule has 0 aromatic carbocycles. The predicted molar refractivity (Wildman–Crippen MR) is 46.5 cm³/mol. The van der Waals surface area contributed by atoms with Gasteiger partial charge in [-0.05, 0) is 12.8 Å². The minimum absolute atomic E-state index is 0.975. The molecular formula is C7H15NS. The van der Waals surface area contributed by atoms with E-state index in [4.69, 9.17) is 0 Å². The first-order chi connectivity index (χ1) is 4.31. The molecule has 0 aliphatic heterocycles. The lowest BCUT2D eigenvalue weighted by molar-refractivity contribution is 0.745. The summed E-state index contributed by atoms with van der Waals surface area (Å²) in [6.45, 7) is 2.20. The fraction of sp³-hybridized carbons (Fsp3) is 0.857. The summed E-state index contributed by atoms with van der Waals surface area (Å²) in [6.07, 6.45) is 4.84. The largest absolute Gasteiger partial charge is 0.287 e. The van der Waals surface area contributed by atoms with Crippen LogP contribution in [0.15, 0.2) is 4.99 Å². The maximum Gasteiger partial charge on any atom is 0.0642 e. The Morgan fingerprint density at radius 1 is 1.44 bits per heavy atom. The Labute approximate surface area is 63.0 Å². The summed E-state index contributed by atoms with van der Waals surface area (Å²) in [4.78, 5) is 3.94. The van der Waals surface area contributed by atoms with E-state index in [2.05, 4.69) is 24.5 Å². The van der Waals surface area contributed by atoms with Crippen molar-refractivity contribution in [3.05, 3.63) is 0 Å². The van der Waals surface area contributed by atoms with Crippen molar-refractivity contribution in [1.82, 2.24) is 0 Å². The molecule has 0 aliphatic rings. The van der Waals surface area contributed by atoms with Gasteiger partial charge in [-0.1, -0.05) is 19.8 Å². The number of aliphatic imine (C=N–C) groups is 1. The van der Waals surface area contributed by atoms with Crippen LogP contribution in [0.3, 0.4) is 0 Å². The Morgan fingerprint density at radius 2 is 2.11 bits per heavy atom. The Hall–Kier alpha value is 0.0200. The van der Waals surface area contributed by atoms with Crippen LogP contribution in [0, 0.1) is 0 Å². The van der Waals surface area contributed by atoms with Gasteiger partial charge in [-0.3, -0.25) is 4.99 Å². The highest BCUT2D eigenvalue weighted by Gasteiger charge is 1.88. The Morgan fingerprint density at radius 3 is 2.56 bits per heavy atom. The maximum atomic E-state index is 4.15. The Bertz CT molecular complexity index is 88.9. The molecule has 0 fully saturated rings. The van der Waals surface area contributed by atoms with Gasteiger partial charge in [0, 0.05) is 7.05 Å². The van der Waals surface area contributed by atoms with Crippen molar-refractivity contribution in [2.24, 2.45) is 4.99 Å². The van der Waals surface area contributed by atoms with E-state index in [9.17, 15) is 0 Å². The third-order valence-electron chi connectivity index (χ3n) is 1.26. The Kier molecular flexibility index (Phi) is 6.16. The highest BCUT2D eigenvalue weighted by atomic mass is 32.1. The number of hydrogen-bond donors (Lipinski definition) is 1. The van der Waals surface area contributed by atoms with Crippen molar-refractivity contribution >= 4 is 17.7 Å². The van der Waals surface area contributed by atoms with Crippen molar-refractivity contribution in [2.75, 3.05) is 7.05 Å². The molecule has 2 heteroatoms. The Balaban J connectivity index is 3.07. The van der Waals surface area contributed by atoms with Crippen molar-refractivity contribution in [2.45, 2.75) is 32.6 Å². The SMILES string of the molecule is CCCCC/C(S)=N/C. The second-order valence-corrected chi connectivity index (χ2v) is 2.61. The average Bonchev–Trinajstić information content (AvgIpc) is 1.89. The first kappa shape index (κ1) is 9.02. The van der Waals surface area contributed by atoms with Crippen LogP contribution in [0.1, 0.15) is 32.6 Å². The zero-order valence-electron chi connectivity index (χ0n) is 6.22. The quantitative estimate of drug-likeness (QED) is 0.270. The van der Waals surface area contributed by atoms with Crippen LogP contribution in [-0.2, 0) is 0 Å². The van der Waals surface area contributed by atoms with E-state index in [1.807, 2.05) is 0 Å². The minimum atomic E-state index is 0.975. The summed E-state index contributed by atoms with van der Waals surface area (Å²) >= 11 is 4.15. The van der Waals surface area contributed by atoms with Gasteiger partial charge in [0.15, 0.2) is 0 Å². The van der Waals surface area contributed by atoms with Crippen LogP contribution in [0.4, 0.5) is 0 Å². The van der Waals surface area contributed by atoms with Gasteiger partial charge in [0.2, 0.25) is 0 Å². The summed E-state index contributed by atoms with van der Waals surface area (Å²) in [5, 5.41) is 0.975. The van der Waals surface area contributed by atoms with Crippen molar-refractivity contribution < 1.29 is 0 Å². The number of thiol groups is 1. The van der Waals surface area contributed by atoms with Crippen molar-refractivity contribution in [3.63, 3.8) is 0 Å². The van der Waals surface area contributed by atoms with E-state index in [1.54, 1.807) is 7.05 Å². The molecular weight excluding hydrogens is 130 g/mol. The molecule has 0 radical (unpaired) electrons. The lowest BCUT2D eigenvalue weighted by Gasteiger charge is -1.95. The van der Waals surface area contributed by atoms with E-state index < -0.39 is 0 Å². The third kappa shape index (κ3) is 5.90. The highest BCUT2D eigenvalue weighted by Crippen LogP contribution is 2.02.